The van der Waals surface area contributed by atoms with Crippen LogP contribution in [0.3, 0.4) is 0 Å². The molecule has 3 rings (SSSR count). The smallest absolute Gasteiger partial charge is 0.410 e. The standard InChI is InChI=1S/C20H26N4O2S.C2H6/c1-5-21-18-23-22-17(27-18)16-8-6-14(7-9-16)15-10-12-24(13-11-15)19(25)26-20(2,3)4;1-2/h6-10H,5,11-13H2,1-4H3,(H,21,23);1-2H3. The average molecular weight is 417 g/mol. The predicted molar refractivity (Wildman–Crippen MR) is 121 cm³/mol. The summed E-state index contributed by atoms with van der Waals surface area (Å²) in [5.41, 5.74) is 3.03. The fourth-order valence-corrected chi connectivity index (χ4v) is 3.63. The van der Waals surface area contributed by atoms with Crippen LogP contribution in [0.25, 0.3) is 16.1 Å². The summed E-state index contributed by atoms with van der Waals surface area (Å²) in [6.45, 7) is 13.8. The highest BCUT2D eigenvalue weighted by Crippen LogP contribution is 2.29. The molecular weight excluding hydrogens is 384 g/mol. The molecule has 0 saturated heterocycles. The monoisotopic (exact) mass is 416 g/mol. The second kappa shape index (κ2) is 10.4. The average Bonchev–Trinajstić information content (AvgIpc) is 3.17. The Bertz CT molecular complexity index is 822. The van der Waals surface area contributed by atoms with Crippen molar-refractivity contribution < 1.29 is 9.53 Å². The van der Waals surface area contributed by atoms with Crippen molar-refractivity contribution >= 4 is 28.1 Å². The van der Waals surface area contributed by atoms with E-state index >= 15 is 0 Å². The van der Waals surface area contributed by atoms with Gasteiger partial charge in [0, 0.05) is 25.2 Å². The van der Waals surface area contributed by atoms with Crippen LogP contribution in [0.2, 0.25) is 0 Å². The summed E-state index contributed by atoms with van der Waals surface area (Å²) in [5.74, 6) is 0. The molecule has 158 valence electrons. The molecule has 1 aliphatic rings. The summed E-state index contributed by atoms with van der Waals surface area (Å²) >= 11 is 1.55. The zero-order chi connectivity index (χ0) is 21.4. The van der Waals surface area contributed by atoms with Gasteiger partial charge in [-0.3, -0.25) is 0 Å². The molecule has 1 aliphatic heterocycles. The summed E-state index contributed by atoms with van der Waals surface area (Å²) < 4.78 is 5.44. The second-order valence-corrected chi connectivity index (χ2v) is 8.40. The van der Waals surface area contributed by atoms with Gasteiger partial charge in [0.1, 0.15) is 10.6 Å². The fraction of sp³-hybridized carbons (Fsp3) is 0.500. The number of carbonyl (C=O) groups excluding carboxylic acids is 1. The topological polar surface area (TPSA) is 67.4 Å². The van der Waals surface area contributed by atoms with Gasteiger partial charge in [-0.15, -0.1) is 10.2 Å². The molecule has 7 heteroatoms. The third-order valence-corrected chi connectivity index (χ3v) is 5.05. The first-order chi connectivity index (χ1) is 13.9. The van der Waals surface area contributed by atoms with Crippen LogP contribution >= 0.6 is 11.3 Å². The number of benzene rings is 1. The van der Waals surface area contributed by atoms with Gasteiger partial charge < -0.3 is 15.0 Å². The maximum absolute atomic E-state index is 12.2. The molecule has 6 nitrogen and oxygen atoms in total. The predicted octanol–water partition coefficient (Wildman–Crippen LogP) is 5.69. The largest absolute Gasteiger partial charge is 0.444 e. The molecule has 0 aliphatic carbocycles. The summed E-state index contributed by atoms with van der Waals surface area (Å²) in [6, 6.07) is 8.37. The number of nitrogens with zero attached hydrogens (tertiary/aromatic N) is 3. The molecule has 0 unspecified atom stereocenters. The van der Waals surface area contributed by atoms with Gasteiger partial charge in [0.05, 0.1) is 0 Å². The number of ether oxygens (including phenoxy) is 1. The molecule has 0 saturated carbocycles. The molecule has 0 radical (unpaired) electrons. The van der Waals surface area contributed by atoms with Crippen molar-refractivity contribution in [2.75, 3.05) is 25.0 Å². The van der Waals surface area contributed by atoms with Crippen LogP contribution in [0.4, 0.5) is 9.93 Å². The SMILES string of the molecule is CC.CCNc1nnc(-c2ccc(C3=CCN(C(=O)OC(C)(C)C)CC3)cc2)s1. The van der Waals surface area contributed by atoms with Crippen LogP contribution in [0.1, 0.15) is 53.5 Å². The van der Waals surface area contributed by atoms with Crippen molar-refractivity contribution in [3.05, 3.63) is 35.9 Å². The van der Waals surface area contributed by atoms with Crippen molar-refractivity contribution in [1.82, 2.24) is 15.1 Å². The minimum absolute atomic E-state index is 0.249. The number of rotatable bonds is 4. The van der Waals surface area contributed by atoms with Crippen LogP contribution in [-0.2, 0) is 4.74 Å². The van der Waals surface area contributed by atoms with E-state index in [0.717, 1.165) is 28.7 Å². The quantitative estimate of drug-likeness (QED) is 0.694. The number of anilines is 1. The number of carbonyl (C=O) groups is 1. The maximum Gasteiger partial charge on any atom is 0.410 e. The van der Waals surface area contributed by atoms with Crippen molar-refractivity contribution in [2.24, 2.45) is 0 Å². The van der Waals surface area contributed by atoms with Gasteiger partial charge in [0.25, 0.3) is 0 Å². The van der Waals surface area contributed by atoms with Crippen LogP contribution in [0.15, 0.2) is 30.3 Å². The maximum atomic E-state index is 12.2. The van der Waals surface area contributed by atoms with Crippen LogP contribution in [-0.4, -0.2) is 46.4 Å². The van der Waals surface area contributed by atoms with Gasteiger partial charge in [0.2, 0.25) is 5.13 Å². The minimum atomic E-state index is -0.464. The molecule has 29 heavy (non-hydrogen) atoms. The van der Waals surface area contributed by atoms with Crippen molar-refractivity contribution in [1.29, 1.82) is 0 Å². The Kier molecular flexibility index (Phi) is 8.20. The Morgan fingerprint density at radius 2 is 1.83 bits per heavy atom. The highest BCUT2D eigenvalue weighted by atomic mass is 32.1. The molecular formula is C22H32N4O2S. The number of hydrogen-bond donors (Lipinski definition) is 1. The number of nitrogens with one attached hydrogen (secondary N) is 1. The summed E-state index contributed by atoms with van der Waals surface area (Å²) in [6.07, 6.45) is 2.68. The molecule has 1 aromatic carbocycles. The van der Waals surface area contributed by atoms with E-state index < -0.39 is 5.60 Å². The van der Waals surface area contributed by atoms with Gasteiger partial charge in [-0.1, -0.05) is 55.5 Å². The second-order valence-electron chi connectivity index (χ2n) is 7.43. The first-order valence-electron chi connectivity index (χ1n) is 10.2. The molecule has 0 atom stereocenters. The first kappa shape index (κ1) is 22.9. The normalized spacial score (nSPS) is 13.9. The van der Waals surface area contributed by atoms with E-state index in [1.807, 2.05) is 41.5 Å². The zero-order valence-electron chi connectivity index (χ0n) is 18.3. The lowest BCUT2D eigenvalue weighted by atomic mass is 9.98. The summed E-state index contributed by atoms with van der Waals surface area (Å²) in [5, 5.41) is 13.3. The lowest BCUT2D eigenvalue weighted by molar-refractivity contribution is 0.0270. The summed E-state index contributed by atoms with van der Waals surface area (Å²) in [4.78, 5) is 13.9. The van der Waals surface area contributed by atoms with Gasteiger partial charge in [0.15, 0.2) is 0 Å². The number of hydrogen-bond acceptors (Lipinski definition) is 6. The third kappa shape index (κ3) is 6.56. The number of aromatic nitrogens is 2. The lowest BCUT2D eigenvalue weighted by Crippen LogP contribution is -2.39. The molecule has 2 heterocycles. The van der Waals surface area contributed by atoms with E-state index in [4.69, 9.17) is 4.74 Å². The van der Waals surface area contributed by atoms with Gasteiger partial charge in [-0.25, -0.2) is 4.79 Å². The molecule has 1 aromatic heterocycles. The third-order valence-electron chi connectivity index (χ3n) is 4.12. The Hall–Kier alpha value is -2.41. The molecule has 0 spiro atoms. The Balaban J connectivity index is 0.00000145. The number of amides is 1. The summed E-state index contributed by atoms with van der Waals surface area (Å²) in [7, 11) is 0. The van der Waals surface area contributed by atoms with Crippen LogP contribution < -0.4 is 5.32 Å². The van der Waals surface area contributed by atoms with E-state index in [9.17, 15) is 4.79 Å². The molecule has 1 amide bonds. The fourth-order valence-electron chi connectivity index (χ4n) is 2.81. The molecule has 0 fully saturated rings. The molecule has 1 N–H and O–H groups in total. The molecule has 0 bridgehead atoms. The van der Waals surface area contributed by atoms with E-state index in [1.54, 1.807) is 16.2 Å². The zero-order valence-corrected chi connectivity index (χ0v) is 19.1. The van der Waals surface area contributed by atoms with Gasteiger partial charge >= 0.3 is 6.09 Å². The van der Waals surface area contributed by atoms with Crippen LogP contribution in [0.5, 0.6) is 0 Å². The van der Waals surface area contributed by atoms with E-state index in [0.29, 0.717) is 13.1 Å². The van der Waals surface area contributed by atoms with Crippen LogP contribution in [0, 0.1) is 0 Å². The highest BCUT2D eigenvalue weighted by Gasteiger charge is 2.23. The van der Waals surface area contributed by atoms with E-state index in [-0.39, 0.29) is 6.09 Å². The van der Waals surface area contributed by atoms with E-state index in [2.05, 4.69) is 45.9 Å². The Morgan fingerprint density at radius 1 is 1.17 bits per heavy atom. The Labute approximate surface area is 178 Å². The first-order valence-corrected chi connectivity index (χ1v) is 11.0. The lowest BCUT2D eigenvalue weighted by Gasteiger charge is -2.29. The highest BCUT2D eigenvalue weighted by molar-refractivity contribution is 7.18. The molecule has 2 aromatic rings. The van der Waals surface area contributed by atoms with Crippen molar-refractivity contribution in [3.63, 3.8) is 0 Å². The minimum Gasteiger partial charge on any atom is -0.444 e. The van der Waals surface area contributed by atoms with Crippen molar-refractivity contribution in [3.8, 4) is 10.6 Å². The van der Waals surface area contributed by atoms with Crippen molar-refractivity contribution in [2.45, 2.75) is 53.6 Å². The van der Waals surface area contributed by atoms with Gasteiger partial charge in [-0.2, -0.15) is 0 Å². The van der Waals surface area contributed by atoms with E-state index in [1.165, 1.54) is 11.1 Å². The Morgan fingerprint density at radius 3 is 2.38 bits per heavy atom. The van der Waals surface area contributed by atoms with Gasteiger partial charge in [-0.05, 0) is 45.3 Å².